The predicted octanol–water partition coefficient (Wildman–Crippen LogP) is 2.42. The molecule has 0 amide bonds. The Bertz CT molecular complexity index is 492. The van der Waals surface area contributed by atoms with Gasteiger partial charge >= 0.3 is 0 Å². The van der Waals surface area contributed by atoms with Crippen molar-refractivity contribution in [1.29, 1.82) is 0 Å². The third-order valence-electron chi connectivity index (χ3n) is 2.33. The monoisotopic (exact) mass is 272 g/mol. The van der Waals surface area contributed by atoms with E-state index in [0.29, 0.717) is 12.0 Å². The average Bonchev–Trinajstić information content (AvgIpc) is 2.27. The third-order valence-corrected chi connectivity index (χ3v) is 4.15. The number of Topliss-reactive ketones (excluding diaryl/α,β-unsaturated/α-hetero) is 1. The Morgan fingerprint density at radius 1 is 1.29 bits per heavy atom. The summed E-state index contributed by atoms with van der Waals surface area (Å²) in [6, 6.07) is 7.39. The topological polar surface area (TPSA) is 51.2 Å². The number of carbonyl (C=O) groups is 1. The van der Waals surface area contributed by atoms with Crippen molar-refractivity contribution in [2.45, 2.75) is 17.7 Å². The summed E-state index contributed by atoms with van der Waals surface area (Å²) in [6.07, 6.45) is 3.78. The summed E-state index contributed by atoms with van der Waals surface area (Å²) < 4.78 is 21.9. The molecule has 0 unspecified atom stereocenters. The van der Waals surface area contributed by atoms with Gasteiger partial charge in [-0.25, -0.2) is 8.42 Å². The average molecular weight is 272 g/mol. The van der Waals surface area contributed by atoms with Crippen LogP contribution >= 0.6 is 11.8 Å². The molecule has 5 heteroatoms. The van der Waals surface area contributed by atoms with Gasteiger partial charge in [-0.3, -0.25) is 4.79 Å². The quantitative estimate of drug-likeness (QED) is 0.589. The second-order valence-corrected chi connectivity index (χ2v) is 6.96. The lowest BCUT2D eigenvalue weighted by atomic mass is 10.1. The van der Waals surface area contributed by atoms with Crippen molar-refractivity contribution in [3.63, 3.8) is 0 Å². The fraction of sp³-hybridized carbons (Fsp3) is 0.417. The molecule has 3 nitrogen and oxygen atoms in total. The fourth-order valence-electron chi connectivity index (χ4n) is 1.50. The molecule has 0 aliphatic carbocycles. The smallest absolute Gasteiger partial charge is 0.164 e. The van der Waals surface area contributed by atoms with Crippen LogP contribution < -0.4 is 0 Å². The zero-order chi connectivity index (χ0) is 12.9. The van der Waals surface area contributed by atoms with Crippen LogP contribution in [0.15, 0.2) is 29.2 Å². The second-order valence-electron chi connectivity index (χ2n) is 3.86. The van der Waals surface area contributed by atoms with Crippen molar-refractivity contribution in [3.05, 3.63) is 29.8 Å². The third kappa shape index (κ3) is 4.91. The SMILES string of the molecule is CSc1ccccc1C(=O)CCCS(C)(=O)=O. The second kappa shape index (κ2) is 6.21. The van der Waals surface area contributed by atoms with Gasteiger partial charge in [-0.15, -0.1) is 11.8 Å². The fourth-order valence-corrected chi connectivity index (χ4v) is 2.79. The maximum Gasteiger partial charge on any atom is 0.164 e. The van der Waals surface area contributed by atoms with Crippen LogP contribution in [0, 0.1) is 0 Å². The molecular weight excluding hydrogens is 256 g/mol. The zero-order valence-corrected chi connectivity index (χ0v) is 11.6. The molecule has 0 aliphatic rings. The van der Waals surface area contributed by atoms with Gasteiger partial charge in [0.2, 0.25) is 0 Å². The van der Waals surface area contributed by atoms with Crippen molar-refractivity contribution >= 4 is 27.4 Å². The minimum Gasteiger partial charge on any atom is -0.294 e. The molecular formula is C12H16O3S2. The normalized spacial score (nSPS) is 11.4. The van der Waals surface area contributed by atoms with Crippen LogP contribution in [0.25, 0.3) is 0 Å². The highest BCUT2D eigenvalue weighted by Gasteiger charge is 2.11. The highest BCUT2D eigenvalue weighted by molar-refractivity contribution is 7.98. The molecule has 0 aromatic heterocycles. The minimum atomic E-state index is -2.98. The van der Waals surface area contributed by atoms with Gasteiger partial charge in [0, 0.05) is 23.1 Å². The molecule has 0 heterocycles. The first-order chi connectivity index (χ1) is 7.94. The lowest BCUT2D eigenvalue weighted by Gasteiger charge is -2.05. The molecule has 1 aromatic carbocycles. The van der Waals surface area contributed by atoms with Crippen LogP contribution in [0.2, 0.25) is 0 Å². The standard InChI is InChI=1S/C12H16O3S2/c1-16-12-8-4-3-6-10(12)11(13)7-5-9-17(2,14)15/h3-4,6,8H,5,7,9H2,1-2H3. The highest BCUT2D eigenvalue weighted by Crippen LogP contribution is 2.21. The number of carbonyl (C=O) groups excluding carboxylic acids is 1. The van der Waals surface area contributed by atoms with E-state index in [9.17, 15) is 13.2 Å². The van der Waals surface area contributed by atoms with E-state index in [-0.39, 0.29) is 18.0 Å². The van der Waals surface area contributed by atoms with Crippen molar-refractivity contribution in [2.24, 2.45) is 0 Å². The first kappa shape index (κ1) is 14.3. The first-order valence-corrected chi connectivity index (χ1v) is 8.56. The zero-order valence-electron chi connectivity index (χ0n) is 9.97. The number of ketones is 1. The van der Waals surface area contributed by atoms with E-state index in [2.05, 4.69) is 0 Å². The van der Waals surface area contributed by atoms with Crippen LogP contribution in [0.4, 0.5) is 0 Å². The lowest BCUT2D eigenvalue weighted by molar-refractivity contribution is 0.0979. The van der Waals surface area contributed by atoms with Gasteiger partial charge in [0.05, 0.1) is 5.75 Å². The van der Waals surface area contributed by atoms with E-state index in [1.165, 1.54) is 18.0 Å². The van der Waals surface area contributed by atoms with Crippen molar-refractivity contribution in [3.8, 4) is 0 Å². The summed E-state index contributed by atoms with van der Waals surface area (Å²) in [5, 5.41) is 0. The number of rotatable bonds is 6. The molecule has 0 saturated carbocycles. The van der Waals surface area contributed by atoms with Crippen molar-refractivity contribution in [2.75, 3.05) is 18.3 Å². The minimum absolute atomic E-state index is 0.0126. The number of hydrogen-bond acceptors (Lipinski definition) is 4. The summed E-state index contributed by atoms with van der Waals surface area (Å²) in [4.78, 5) is 12.8. The van der Waals surface area contributed by atoms with Gasteiger partial charge in [-0.2, -0.15) is 0 Å². The van der Waals surface area contributed by atoms with E-state index in [1.54, 1.807) is 6.07 Å². The highest BCUT2D eigenvalue weighted by atomic mass is 32.2. The molecule has 0 spiro atoms. The maximum absolute atomic E-state index is 11.9. The van der Waals surface area contributed by atoms with E-state index < -0.39 is 9.84 Å². The summed E-state index contributed by atoms with van der Waals surface area (Å²) in [5.74, 6) is 0.0822. The molecule has 1 aromatic rings. The molecule has 1 rings (SSSR count). The largest absolute Gasteiger partial charge is 0.294 e. The Hall–Kier alpha value is -0.810. The summed E-state index contributed by atoms with van der Waals surface area (Å²) >= 11 is 1.52. The first-order valence-electron chi connectivity index (χ1n) is 5.28. The molecule has 0 saturated heterocycles. The number of benzene rings is 1. The lowest BCUT2D eigenvalue weighted by Crippen LogP contribution is -2.07. The van der Waals surface area contributed by atoms with Crippen molar-refractivity contribution in [1.82, 2.24) is 0 Å². The summed E-state index contributed by atoms with van der Waals surface area (Å²) in [5.41, 5.74) is 0.688. The van der Waals surface area contributed by atoms with E-state index in [0.717, 1.165) is 4.90 Å². The van der Waals surface area contributed by atoms with Crippen LogP contribution in [0.1, 0.15) is 23.2 Å². The van der Waals surface area contributed by atoms with Crippen LogP contribution in [0.5, 0.6) is 0 Å². The van der Waals surface area contributed by atoms with E-state index in [1.807, 2.05) is 24.5 Å². The molecule has 0 N–H and O–H groups in total. The molecule has 94 valence electrons. The maximum atomic E-state index is 11.9. The molecule has 0 atom stereocenters. The Kier molecular flexibility index (Phi) is 5.21. The number of hydrogen-bond donors (Lipinski definition) is 0. The van der Waals surface area contributed by atoms with Crippen LogP contribution in [0.3, 0.4) is 0 Å². The molecule has 0 fully saturated rings. The predicted molar refractivity (Wildman–Crippen MR) is 71.5 cm³/mol. The van der Waals surface area contributed by atoms with Gasteiger partial charge in [0.15, 0.2) is 5.78 Å². The summed E-state index contributed by atoms with van der Waals surface area (Å²) in [7, 11) is -2.98. The van der Waals surface area contributed by atoms with Crippen molar-refractivity contribution < 1.29 is 13.2 Å². The van der Waals surface area contributed by atoms with E-state index in [4.69, 9.17) is 0 Å². The van der Waals surface area contributed by atoms with Gasteiger partial charge < -0.3 is 0 Å². The molecule has 0 aliphatic heterocycles. The van der Waals surface area contributed by atoms with Crippen LogP contribution in [-0.4, -0.2) is 32.5 Å². The van der Waals surface area contributed by atoms with E-state index >= 15 is 0 Å². The van der Waals surface area contributed by atoms with Gasteiger partial charge in [0.25, 0.3) is 0 Å². The Labute approximate surface area is 107 Å². The molecule has 0 radical (unpaired) electrons. The summed E-state index contributed by atoms with van der Waals surface area (Å²) in [6.45, 7) is 0. The Morgan fingerprint density at radius 3 is 2.53 bits per heavy atom. The molecule has 17 heavy (non-hydrogen) atoms. The van der Waals surface area contributed by atoms with Gasteiger partial charge in [-0.1, -0.05) is 18.2 Å². The number of thioether (sulfide) groups is 1. The Morgan fingerprint density at radius 2 is 1.94 bits per heavy atom. The number of sulfone groups is 1. The van der Waals surface area contributed by atoms with Gasteiger partial charge in [0.1, 0.15) is 9.84 Å². The van der Waals surface area contributed by atoms with Gasteiger partial charge in [-0.05, 0) is 18.7 Å². The molecule has 0 bridgehead atoms. The Balaban J connectivity index is 2.64. The van der Waals surface area contributed by atoms with Crippen LogP contribution in [-0.2, 0) is 9.84 Å².